The van der Waals surface area contributed by atoms with Crippen LogP contribution in [0, 0.1) is 25.2 Å². The molecule has 0 aliphatic rings. The van der Waals surface area contributed by atoms with Gasteiger partial charge in [-0.25, -0.2) is 15.0 Å². The molecule has 57 heavy (non-hydrogen) atoms. The molecule has 0 saturated heterocycles. The molecule has 290 valence electrons. The summed E-state index contributed by atoms with van der Waals surface area (Å²) >= 11 is 0. The lowest BCUT2D eigenvalue weighted by Gasteiger charge is -2.22. The second-order valence-electron chi connectivity index (χ2n) is 20.1. The van der Waals surface area contributed by atoms with E-state index in [4.69, 9.17) is 15.0 Å². The van der Waals surface area contributed by atoms with Gasteiger partial charge in [-0.15, -0.1) is 0 Å². The summed E-state index contributed by atoms with van der Waals surface area (Å²) in [4.78, 5) is 15.9. The number of hydrogen-bond donors (Lipinski definition) is 0. The molecule has 5 heteroatoms. The first kappa shape index (κ1) is 39.6. The molecule has 2 aromatic heterocycles. The maximum Gasteiger partial charge on any atom is 0.166 e. The number of aryl methyl sites for hydroxylation is 2. The van der Waals surface area contributed by atoms with Gasteiger partial charge in [0.25, 0.3) is 0 Å². The third kappa shape index (κ3) is 7.75. The minimum absolute atomic E-state index is 0.0210. The van der Waals surface area contributed by atoms with Crippen LogP contribution in [0.1, 0.15) is 122 Å². The molecule has 5 aromatic carbocycles. The summed E-state index contributed by atoms with van der Waals surface area (Å²) in [5.74, 6) is 1.72. The van der Waals surface area contributed by atoms with Crippen molar-refractivity contribution in [3.63, 3.8) is 0 Å². The zero-order valence-electron chi connectivity index (χ0n) is 36.4. The van der Waals surface area contributed by atoms with Crippen LogP contribution in [-0.4, -0.2) is 19.5 Å². The highest BCUT2D eigenvalue weighted by Crippen LogP contribution is 2.41. The summed E-state index contributed by atoms with van der Waals surface area (Å²) in [5.41, 5.74) is 13.4. The second kappa shape index (κ2) is 13.8. The Morgan fingerprint density at radius 1 is 0.456 bits per heavy atom. The van der Waals surface area contributed by atoms with Gasteiger partial charge in [-0.1, -0.05) is 118 Å². The van der Waals surface area contributed by atoms with E-state index in [-0.39, 0.29) is 21.7 Å². The number of nitrogens with zero attached hydrogens (tertiary/aromatic N) is 5. The van der Waals surface area contributed by atoms with Crippen molar-refractivity contribution in [2.24, 2.45) is 0 Å². The fourth-order valence-electron chi connectivity index (χ4n) is 7.64. The third-order valence-corrected chi connectivity index (χ3v) is 11.1. The molecule has 5 nitrogen and oxygen atoms in total. The summed E-state index contributed by atoms with van der Waals surface area (Å²) in [6.07, 6.45) is 0. The first-order valence-corrected chi connectivity index (χ1v) is 20.2. The van der Waals surface area contributed by atoms with Crippen LogP contribution >= 0.6 is 0 Å². The molecule has 7 rings (SSSR count). The van der Waals surface area contributed by atoms with Crippen LogP contribution in [0.25, 0.3) is 61.7 Å². The van der Waals surface area contributed by atoms with Crippen LogP contribution in [0.5, 0.6) is 0 Å². The molecule has 0 N–H and O–H groups in total. The number of aromatic nitrogens is 4. The van der Waals surface area contributed by atoms with E-state index in [1.54, 1.807) is 0 Å². The lowest BCUT2D eigenvalue weighted by atomic mass is 9.85. The highest BCUT2D eigenvalue weighted by molar-refractivity contribution is 6.10. The Morgan fingerprint density at radius 2 is 0.877 bits per heavy atom. The van der Waals surface area contributed by atoms with Gasteiger partial charge in [-0.3, -0.25) is 0 Å². The molecule has 7 aromatic rings. The lowest BCUT2D eigenvalue weighted by Crippen LogP contribution is -2.12. The first-order valence-electron chi connectivity index (χ1n) is 20.2. The molecular formula is C52H57N5. The summed E-state index contributed by atoms with van der Waals surface area (Å²) in [6.45, 7) is 31.2. The standard InChI is InChI=1S/C52H57N5/c1-31-21-34(26-38(23-31)51(9,10)11)46-54-47(35-22-32(2)24-39(27-35)52(12,13)14)56-48(55-46)42-25-33(30-53)15-18-45(42)57-43-19-16-36(49(3,4)5)28-40(43)41-29-37(50(6,7)8)17-20-44(41)57/h15-29H,1-14H3. The molecule has 0 saturated carbocycles. The summed E-state index contributed by atoms with van der Waals surface area (Å²) < 4.78 is 2.33. The van der Waals surface area contributed by atoms with Crippen molar-refractivity contribution in [1.29, 1.82) is 5.26 Å². The Morgan fingerprint density at radius 3 is 1.28 bits per heavy atom. The van der Waals surface area contributed by atoms with Crippen molar-refractivity contribution in [3.05, 3.63) is 130 Å². The van der Waals surface area contributed by atoms with E-state index in [1.807, 2.05) is 12.1 Å². The number of benzene rings is 5. The van der Waals surface area contributed by atoms with E-state index in [1.165, 1.54) is 33.0 Å². The average molecular weight is 752 g/mol. The van der Waals surface area contributed by atoms with E-state index >= 15 is 0 Å². The van der Waals surface area contributed by atoms with E-state index in [2.05, 4.69) is 186 Å². The third-order valence-electron chi connectivity index (χ3n) is 11.1. The molecule has 0 bridgehead atoms. The average Bonchev–Trinajstić information content (AvgIpc) is 3.45. The van der Waals surface area contributed by atoms with Crippen molar-refractivity contribution in [3.8, 4) is 45.9 Å². The molecule has 0 fully saturated rings. The van der Waals surface area contributed by atoms with Gasteiger partial charge in [0.2, 0.25) is 0 Å². The quantitative estimate of drug-likeness (QED) is 0.180. The smallest absolute Gasteiger partial charge is 0.166 e. The van der Waals surface area contributed by atoms with Crippen molar-refractivity contribution in [2.75, 3.05) is 0 Å². The largest absolute Gasteiger partial charge is 0.308 e. The van der Waals surface area contributed by atoms with Gasteiger partial charge in [-0.2, -0.15) is 5.26 Å². The van der Waals surface area contributed by atoms with Crippen LogP contribution in [0.4, 0.5) is 0 Å². The monoisotopic (exact) mass is 751 g/mol. The van der Waals surface area contributed by atoms with Gasteiger partial charge in [0.15, 0.2) is 17.5 Å². The van der Waals surface area contributed by atoms with Crippen molar-refractivity contribution in [1.82, 2.24) is 19.5 Å². The van der Waals surface area contributed by atoms with Gasteiger partial charge in [0, 0.05) is 27.5 Å². The van der Waals surface area contributed by atoms with Gasteiger partial charge < -0.3 is 4.57 Å². The minimum Gasteiger partial charge on any atom is -0.308 e. The fraction of sp³-hybridized carbons (Fsp3) is 0.346. The Balaban J connectivity index is 1.58. The molecule has 0 radical (unpaired) electrons. The first-order chi connectivity index (χ1) is 26.5. The number of nitriles is 1. The molecule has 0 aliphatic heterocycles. The maximum absolute atomic E-state index is 10.3. The lowest BCUT2D eigenvalue weighted by molar-refractivity contribution is 0.589. The predicted molar refractivity (Wildman–Crippen MR) is 239 cm³/mol. The summed E-state index contributed by atoms with van der Waals surface area (Å²) in [6, 6.07) is 35.3. The Kier molecular flexibility index (Phi) is 9.60. The maximum atomic E-state index is 10.3. The van der Waals surface area contributed by atoms with E-state index in [9.17, 15) is 5.26 Å². The van der Waals surface area contributed by atoms with E-state index < -0.39 is 0 Å². The van der Waals surface area contributed by atoms with Gasteiger partial charge in [0.05, 0.1) is 28.4 Å². The van der Waals surface area contributed by atoms with Gasteiger partial charge in [-0.05, 0) is 124 Å². The Bertz CT molecular complexity index is 2590. The zero-order valence-corrected chi connectivity index (χ0v) is 36.4. The Labute approximate surface area is 339 Å². The van der Waals surface area contributed by atoms with Crippen molar-refractivity contribution < 1.29 is 0 Å². The minimum atomic E-state index is -0.0673. The molecule has 0 spiro atoms. The number of hydrogen-bond acceptors (Lipinski definition) is 4. The van der Waals surface area contributed by atoms with Crippen LogP contribution in [0.15, 0.2) is 91.0 Å². The normalized spacial score (nSPS) is 12.7. The summed E-state index contributed by atoms with van der Waals surface area (Å²) in [7, 11) is 0. The highest BCUT2D eigenvalue weighted by atomic mass is 15.1. The van der Waals surface area contributed by atoms with E-state index in [0.717, 1.165) is 44.5 Å². The second-order valence-corrected chi connectivity index (χ2v) is 20.1. The Hall–Kier alpha value is -5.60. The molecular weight excluding hydrogens is 695 g/mol. The highest BCUT2D eigenvalue weighted by Gasteiger charge is 2.25. The molecule has 0 amide bonds. The van der Waals surface area contributed by atoms with Gasteiger partial charge in [0.1, 0.15) is 0 Å². The van der Waals surface area contributed by atoms with Crippen LogP contribution in [0.3, 0.4) is 0 Å². The molecule has 2 heterocycles. The topological polar surface area (TPSA) is 67.4 Å². The number of fused-ring (bicyclic) bond motifs is 3. The van der Waals surface area contributed by atoms with Crippen molar-refractivity contribution >= 4 is 21.8 Å². The zero-order chi connectivity index (χ0) is 41.4. The molecule has 0 atom stereocenters. The van der Waals surface area contributed by atoms with Gasteiger partial charge >= 0.3 is 0 Å². The predicted octanol–water partition coefficient (Wildman–Crippen LogP) is 13.6. The van der Waals surface area contributed by atoms with Crippen LogP contribution in [-0.2, 0) is 21.7 Å². The van der Waals surface area contributed by atoms with Crippen LogP contribution < -0.4 is 0 Å². The molecule has 0 aliphatic carbocycles. The summed E-state index contributed by atoms with van der Waals surface area (Å²) in [5, 5.41) is 12.7. The molecule has 0 unspecified atom stereocenters. The van der Waals surface area contributed by atoms with Crippen LogP contribution in [0.2, 0.25) is 0 Å². The fourth-order valence-corrected chi connectivity index (χ4v) is 7.64. The number of rotatable bonds is 4. The SMILES string of the molecule is Cc1cc(-c2nc(-c3cc(C)cc(C(C)(C)C)c3)nc(-c3cc(C#N)ccc3-n3c4ccc(C(C)(C)C)cc4c4cc(C(C)(C)C)ccc43)n2)cc(C(C)(C)C)c1. The van der Waals surface area contributed by atoms with Crippen molar-refractivity contribution in [2.45, 2.75) is 119 Å². The van der Waals surface area contributed by atoms with E-state index in [0.29, 0.717) is 23.0 Å².